The van der Waals surface area contributed by atoms with E-state index in [0.717, 1.165) is 19.5 Å². The minimum absolute atomic E-state index is 0. The molecule has 0 aromatic heterocycles. The van der Waals surface area contributed by atoms with Gasteiger partial charge in [0.25, 0.3) is 0 Å². The third-order valence-electron chi connectivity index (χ3n) is 3.40. The maximum Gasteiger partial charge on any atom is 0.239 e. The van der Waals surface area contributed by atoms with Gasteiger partial charge in [0.15, 0.2) is 0 Å². The number of halogens is 1. The van der Waals surface area contributed by atoms with E-state index >= 15 is 0 Å². The summed E-state index contributed by atoms with van der Waals surface area (Å²) in [7, 11) is 0. The molecule has 0 unspecified atom stereocenters. The fraction of sp³-hybridized carbons (Fsp3) is 0.923. The highest BCUT2D eigenvalue weighted by atomic mass is 35.5. The van der Waals surface area contributed by atoms with Crippen LogP contribution in [0.15, 0.2) is 0 Å². The Hall–Kier alpha value is -0.280. The molecule has 0 aliphatic heterocycles. The van der Waals surface area contributed by atoms with Gasteiger partial charge in [-0.25, -0.2) is 0 Å². The van der Waals surface area contributed by atoms with E-state index in [1.54, 1.807) is 6.92 Å². The summed E-state index contributed by atoms with van der Waals surface area (Å²) in [6.45, 7) is 5.68. The molecule has 1 amide bonds. The van der Waals surface area contributed by atoms with Gasteiger partial charge in [-0.3, -0.25) is 4.79 Å². The van der Waals surface area contributed by atoms with Crippen LogP contribution in [0.2, 0.25) is 0 Å². The molecule has 2 N–H and O–H groups in total. The monoisotopic (exact) mass is 262 g/mol. The summed E-state index contributed by atoms with van der Waals surface area (Å²) < 4.78 is 0. The van der Waals surface area contributed by atoms with E-state index in [1.165, 1.54) is 32.1 Å². The molecule has 0 heterocycles. The SMILES string of the molecule is CCCN(CC1CCCCC1)C(=O)[C@@H](C)N.Cl. The molecule has 1 fully saturated rings. The predicted octanol–water partition coefficient (Wildman–Crippen LogP) is 2.57. The molecule has 0 aromatic carbocycles. The third kappa shape index (κ3) is 5.73. The second kappa shape index (κ2) is 8.76. The molecule has 0 saturated heterocycles. The van der Waals surface area contributed by atoms with Crippen LogP contribution in [0, 0.1) is 5.92 Å². The van der Waals surface area contributed by atoms with Crippen LogP contribution in [-0.4, -0.2) is 29.9 Å². The Morgan fingerprint density at radius 2 is 1.94 bits per heavy atom. The van der Waals surface area contributed by atoms with E-state index in [0.29, 0.717) is 5.92 Å². The Bertz CT molecular complexity index is 215. The number of carbonyl (C=O) groups is 1. The first kappa shape index (κ1) is 16.7. The molecule has 0 aromatic rings. The van der Waals surface area contributed by atoms with Crippen molar-refractivity contribution in [3.63, 3.8) is 0 Å². The zero-order valence-electron chi connectivity index (χ0n) is 11.2. The summed E-state index contributed by atoms with van der Waals surface area (Å²) in [5, 5.41) is 0. The van der Waals surface area contributed by atoms with Crippen LogP contribution >= 0.6 is 12.4 Å². The summed E-state index contributed by atoms with van der Waals surface area (Å²) in [6, 6.07) is -0.352. The molecule has 102 valence electrons. The van der Waals surface area contributed by atoms with Gasteiger partial charge in [-0.2, -0.15) is 0 Å². The lowest BCUT2D eigenvalue weighted by Crippen LogP contribution is -2.44. The molecule has 1 aliphatic rings. The smallest absolute Gasteiger partial charge is 0.239 e. The van der Waals surface area contributed by atoms with Crippen molar-refractivity contribution in [2.45, 2.75) is 58.4 Å². The average molecular weight is 263 g/mol. The van der Waals surface area contributed by atoms with E-state index in [2.05, 4.69) is 6.92 Å². The van der Waals surface area contributed by atoms with Gasteiger partial charge in [-0.1, -0.05) is 26.2 Å². The summed E-state index contributed by atoms with van der Waals surface area (Å²) in [5.41, 5.74) is 5.68. The number of carbonyl (C=O) groups excluding carboxylic acids is 1. The fourth-order valence-corrected chi connectivity index (χ4v) is 2.53. The van der Waals surface area contributed by atoms with Crippen molar-refractivity contribution in [2.75, 3.05) is 13.1 Å². The quantitative estimate of drug-likeness (QED) is 0.828. The van der Waals surface area contributed by atoms with Gasteiger partial charge in [0.1, 0.15) is 0 Å². The standard InChI is InChI=1S/C13H26N2O.ClH/c1-3-9-15(13(16)11(2)14)10-12-7-5-4-6-8-12;/h11-12H,3-10,14H2,1-2H3;1H/t11-;/m1./s1. The highest BCUT2D eigenvalue weighted by Crippen LogP contribution is 2.24. The first-order chi connectivity index (χ1) is 7.65. The average Bonchev–Trinajstić information content (AvgIpc) is 2.29. The van der Waals surface area contributed by atoms with Crippen LogP contribution in [0.25, 0.3) is 0 Å². The molecule has 1 rings (SSSR count). The predicted molar refractivity (Wildman–Crippen MR) is 74.3 cm³/mol. The zero-order chi connectivity index (χ0) is 12.0. The molecule has 1 atom stereocenters. The van der Waals surface area contributed by atoms with Gasteiger partial charge in [0.05, 0.1) is 6.04 Å². The van der Waals surface area contributed by atoms with Crippen molar-refractivity contribution in [3.8, 4) is 0 Å². The van der Waals surface area contributed by atoms with Gasteiger partial charge in [-0.15, -0.1) is 12.4 Å². The molecule has 1 saturated carbocycles. The van der Waals surface area contributed by atoms with Crippen molar-refractivity contribution in [1.29, 1.82) is 0 Å². The Balaban J connectivity index is 0.00000256. The normalized spacial score (nSPS) is 18.3. The molecule has 1 aliphatic carbocycles. The number of amides is 1. The molecule has 0 radical (unpaired) electrons. The van der Waals surface area contributed by atoms with Crippen LogP contribution in [0.1, 0.15) is 52.4 Å². The fourth-order valence-electron chi connectivity index (χ4n) is 2.53. The first-order valence-corrected chi connectivity index (χ1v) is 6.69. The Kier molecular flexibility index (Phi) is 8.61. The van der Waals surface area contributed by atoms with Gasteiger partial charge >= 0.3 is 0 Å². The minimum Gasteiger partial charge on any atom is -0.341 e. The number of nitrogens with zero attached hydrogens (tertiary/aromatic N) is 1. The third-order valence-corrected chi connectivity index (χ3v) is 3.40. The number of hydrogen-bond donors (Lipinski definition) is 1. The van der Waals surface area contributed by atoms with Crippen LogP contribution in [0.5, 0.6) is 0 Å². The van der Waals surface area contributed by atoms with E-state index in [4.69, 9.17) is 5.73 Å². The molecular weight excluding hydrogens is 236 g/mol. The maximum atomic E-state index is 11.9. The second-order valence-electron chi connectivity index (χ2n) is 5.08. The second-order valence-corrected chi connectivity index (χ2v) is 5.08. The van der Waals surface area contributed by atoms with E-state index in [9.17, 15) is 4.79 Å². The van der Waals surface area contributed by atoms with E-state index in [-0.39, 0.29) is 24.4 Å². The number of hydrogen-bond acceptors (Lipinski definition) is 2. The van der Waals surface area contributed by atoms with Crippen molar-refractivity contribution < 1.29 is 4.79 Å². The zero-order valence-corrected chi connectivity index (χ0v) is 12.0. The van der Waals surface area contributed by atoms with Crippen LogP contribution in [0.3, 0.4) is 0 Å². The van der Waals surface area contributed by atoms with Gasteiger partial charge < -0.3 is 10.6 Å². The molecule has 3 nitrogen and oxygen atoms in total. The highest BCUT2D eigenvalue weighted by molar-refractivity contribution is 5.85. The number of nitrogens with two attached hydrogens (primary N) is 1. The van der Waals surface area contributed by atoms with Crippen molar-refractivity contribution >= 4 is 18.3 Å². The Morgan fingerprint density at radius 3 is 2.41 bits per heavy atom. The summed E-state index contributed by atoms with van der Waals surface area (Å²) in [4.78, 5) is 13.9. The van der Waals surface area contributed by atoms with Gasteiger partial charge in [-0.05, 0) is 32.1 Å². The molecule has 4 heteroatoms. The molecule has 17 heavy (non-hydrogen) atoms. The Labute approximate surface area is 112 Å². The van der Waals surface area contributed by atoms with Crippen LogP contribution in [-0.2, 0) is 4.79 Å². The minimum atomic E-state index is -0.352. The topological polar surface area (TPSA) is 46.3 Å². The van der Waals surface area contributed by atoms with Crippen LogP contribution in [0.4, 0.5) is 0 Å². The van der Waals surface area contributed by atoms with Crippen molar-refractivity contribution in [2.24, 2.45) is 11.7 Å². The summed E-state index contributed by atoms with van der Waals surface area (Å²) in [6.07, 6.45) is 7.61. The van der Waals surface area contributed by atoms with Gasteiger partial charge in [0, 0.05) is 13.1 Å². The largest absolute Gasteiger partial charge is 0.341 e. The Morgan fingerprint density at radius 1 is 1.35 bits per heavy atom. The highest BCUT2D eigenvalue weighted by Gasteiger charge is 2.21. The molecular formula is C13H27ClN2O. The first-order valence-electron chi connectivity index (χ1n) is 6.69. The van der Waals surface area contributed by atoms with Crippen LogP contribution < -0.4 is 5.73 Å². The van der Waals surface area contributed by atoms with E-state index < -0.39 is 0 Å². The van der Waals surface area contributed by atoms with Crippen molar-refractivity contribution in [3.05, 3.63) is 0 Å². The maximum absolute atomic E-state index is 11.9. The lowest BCUT2D eigenvalue weighted by Gasteiger charge is -2.30. The molecule has 0 spiro atoms. The van der Waals surface area contributed by atoms with E-state index in [1.807, 2.05) is 4.90 Å². The lowest BCUT2D eigenvalue weighted by molar-refractivity contribution is -0.133. The summed E-state index contributed by atoms with van der Waals surface area (Å²) >= 11 is 0. The van der Waals surface area contributed by atoms with Gasteiger partial charge in [0.2, 0.25) is 5.91 Å². The lowest BCUT2D eigenvalue weighted by atomic mass is 9.89. The molecule has 0 bridgehead atoms. The summed E-state index contributed by atoms with van der Waals surface area (Å²) in [5.74, 6) is 0.829. The number of rotatable bonds is 5. The van der Waals surface area contributed by atoms with Crippen molar-refractivity contribution in [1.82, 2.24) is 4.90 Å².